The van der Waals surface area contributed by atoms with E-state index in [1.165, 1.54) is 41.4 Å². The Hall–Kier alpha value is -2.69. The fourth-order valence-electron chi connectivity index (χ4n) is 4.00. The zero-order chi connectivity index (χ0) is 23.8. The van der Waals surface area contributed by atoms with Gasteiger partial charge < -0.3 is 15.3 Å². The smallest absolute Gasteiger partial charge is 0.260 e. The van der Waals surface area contributed by atoms with Gasteiger partial charge in [-0.25, -0.2) is 14.4 Å². The van der Waals surface area contributed by atoms with Crippen LogP contribution < -0.4 is 5.32 Å². The van der Waals surface area contributed by atoms with Gasteiger partial charge in [-0.2, -0.15) is 0 Å². The van der Waals surface area contributed by atoms with Crippen LogP contribution in [0.15, 0.2) is 35.7 Å². The van der Waals surface area contributed by atoms with Crippen LogP contribution in [0.2, 0.25) is 0 Å². The minimum Gasteiger partial charge on any atom is -0.389 e. The van der Waals surface area contributed by atoms with E-state index in [1.54, 1.807) is 0 Å². The molecule has 2 N–H and O–H groups in total. The molecule has 174 valence electrons. The van der Waals surface area contributed by atoms with Crippen LogP contribution in [0.5, 0.6) is 0 Å². The summed E-state index contributed by atoms with van der Waals surface area (Å²) in [5.41, 5.74) is 0.360. The molecule has 0 unspecified atom stereocenters. The fraction of sp³-hybridized carbons (Fsp3) is 0.391. The number of amides is 2. The van der Waals surface area contributed by atoms with Gasteiger partial charge in [-0.05, 0) is 32.8 Å². The summed E-state index contributed by atoms with van der Waals surface area (Å²) in [7, 11) is 0. The van der Waals surface area contributed by atoms with Crippen LogP contribution in [0.3, 0.4) is 0 Å². The quantitative estimate of drug-likeness (QED) is 0.544. The lowest BCUT2D eigenvalue weighted by Gasteiger charge is -2.27. The van der Waals surface area contributed by atoms with Gasteiger partial charge in [0.05, 0.1) is 22.9 Å². The standard InChI is InChI=1S/C23H25FN4O3S2/c1-13-19(33-18(11-29)25-13)16-12-32-22(26-16)27-20(30)17-9-15(14-7-5-4-6-8-14)10-28(17)21(31)23(2,3)24/h4-8,12,15,17,29H,9-11H2,1-3H3,(H,26,27,30)/t15-,17+/m1/s1. The normalized spacial score (nSPS) is 18.5. The molecule has 1 aromatic carbocycles. The van der Waals surface area contributed by atoms with Crippen molar-refractivity contribution in [2.24, 2.45) is 0 Å². The molecule has 0 spiro atoms. The highest BCUT2D eigenvalue weighted by Crippen LogP contribution is 2.36. The number of likely N-dealkylation sites (tertiary alicyclic amines) is 1. The SMILES string of the molecule is Cc1nc(CO)sc1-c1csc(NC(=O)[C@@H]2C[C@@H](c3ccccc3)CN2C(=O)C(C)(C)F)n1. The first kappa shape index (κ1) is 23.5. The topological polar surface area (TPSA) is 95.4 Å². The van der Waals surface area contributed by atoms with Crippen LogP contribution in [0.4, 0.5) is 9.52 Å². The van der Waals surface area contributed by atoms with Crippen molar-refractivity contribution in [2.75, 3.05) is 11.9 Å². The molecule has 7 nitrogen and oxygen atoms in total. The second-order valence-electron chi connectivity index (χ2n) is 8.50. The number of aliphatic hydroxyl groups excluding tert-OH is 1. The van der Waals surface area contributed by atoms with Gasteiger partial charge >= 0.3 is 0 Å². The Labute approximate surface area is 199 Å². The maximum absolute atomic E-state index is 14.5. The van der Waals surface area contributed by atoms with Crippen LogP contribution in [0.1, 0.15) is 42.5 Å². The molecule has 0 saturated carbocycles. The molecule has 1 aliphatic heterocycles. The summed E-state index contributed by atoms with van der Waals surface area (Å²) >= 11 is 2.62. The number of hydrogen-bond acceptors (Lipinski definition) is 7. The largest absolute Gasteiger partial charge is 0.389 e. The number of carbonyl (C=O) groups excluding carboxylic acids is 2. The highest BCUT2D eigenvalue weighted by molar-refractivity contribution is 7.17. The number of anilines is 1. The number of aromatic nitrogens is 2. The predicted octanol–water partition coefficient (Wildman–Crippen LogP) is 4.14. The number of nitrogens with zero attached hydrogens (tertiary/aromatic N) is 3. The van der Waals surface area contributed by atoms with E-state index in [2.05, 4.69) is 15.3 Å². The van der Waals surface area contributed by atoms with Crippen molar-refractivity contribution < 1.29 is 19.1 Å². The Morgan fingerprint density at radius 2 is 2.00 bits per heavy atom. The zero-order valence-electron chi connectivity index (χ0n) is 18.5. The number of carbonyl (C=O) groups is 2. The van der Waals surface area contributed by atoms with E-state index in [9.17, 15) is 19.1 Å². The van der Waals surface area contributed by atoms with Gasteiger partial charge in [0.15, 0.2) is 10.8 Å². The van der Waals surface area contributed by atoms with E-state index < -0.39 is 17.6 Å². The summed E-state index contributed by atoms with van der Waals surface area (Å²) in [6.07, 6.45) is 0.406. The molecule has 0 radical (unpaired) electrons. The lowest BCUT2D eigenvalue weighted by atomic mass is 9.96. The molecule has 4 rings (SSSR count). The molecular formula is C23H25FN4O3S2. The minimum absolute atomic E-state index is 0.0585. The first-order valence-corrected chi connectivity index (χ1v) is 12.3. The van der Waals surface area contributed by atoms with Crippen LogP contribution in [0.25, 0.3) is 10.6 Å². The molecule has 3 heterocycles. The van der Waals surface area contributed by atoms with Crippen molar-refractivity contribution in [3.63, 3.8) is 0 Å². The number of nitrogens with one attached hydrogen (secondary N) is 1. The van der Waals surface area contributed by atoms with E-state index in [1.807, 2.05) is 42.6 Å². The van der Waals surface area contributed by atoms with Gasteiger partial charge in [0, 0.05) is 17.8 Å². The van der Waals surface area contributed by atoms with Crippen molar-refractivity contribution in [1.82, 2.24) is 14.9 Å². The molecule has 10 heteroatoms. The van der Waals surface area contributed by atoms with Crippen molar-refractivity contribution in [3.05, 3.63) is 52.0 Å². The summed E-state index contributed by atoms with van der Waals surface area (Å²) < 4.78 is 14.5. The Bertz CT molecular complexity index is 1160. The number of thiazole rings is 2. The van der Waals surface area contributed by atoms with Crippen LogP contribution in [-0.2, 0) is 16.2 Å². The number of aryl methyl sites for hydroxylation is 1. The first-order chi connectivity index (χ1) is 15.7. The van der Waals surface area contributed by atoms with Gasteiger partial charge in [-0.15, -0.1) is 22.7 Å². The highest BCUT2D eigenvalue weighted by atomic mass is 32.1. The number of alkyl halides is 1. The van der Waals surface area contributed by atoms with E-state index in [0.29, 0.717) is 22.3 Å². The average molecular weight is 489 g/mol. The summed E-state index contributed by atoms with van der Waals surface area (Å²) in [4.78, 5) is 37.0. The highest BCUT2D eigenvalue weighted by Gasteiger charge is 2.44. The molecule has 2 atom stereocenters. The Morgan fingerprint density at radius 1 is 1.27 bits per heavy atom. The van der Waals surface area contributed by atoms with Gasteiger partial charge in [0.1, 0.15) is 11.0 Å². The monoisotopic (exact) mass is 488 g/mol. The van der Waals surface area contributed by atoms with Gasteiger partial charge in [-0.1, -0.05) is 30.3 Å². The molecule has 0 bridgehead atoms. The van der Waals surface area contributed by atoms with E-state index in [4.69, 9.17) is 0 Å². The Kier molecular flexibility index (Phi) is 6.60. The third-order valence-electron chi connectivity index (χ3n) is 5.59. The van der Waals surface area contributed by atoms with Gasteiger partial charge in [0.25, 0.3) is 5.91 Å². The molecule has 1 saturated heterocycles. The molecular weight excluding hydrogens is 463 g/mol. The number of rotatable bonds is 6. The molecule has 2 aromatic heterocycles. The average Bonchev–Trinajstić information content (AvgIpc) is 3.51. The van der Waals surface area contributed by atoms with Crippen molar-refractivity contribution in [3.8, 4) is 10.6 Å². The van der Waals surface area contributed by atoms with Crippen molar-refractivity contribution in [1.29, 1.82) is 0 Å². The maximum Gasteiger partial charge on any atom is 0.260 e. The van der Waals surface area contributed by atoms with E-state index >= 15 is 0 Å². The summed E-state index contributed by atoms with van der Waals surface area (Å²) in [6.45, 7) is 4.41. The lowest BCUT2D eigenvalue weighted by Crippen LogP contribution is -2.49. The Morgan fingerprint density at radius 3 is 2.64 bits per heavy atom. The first-order valence-electron chi connectivity index (χ1n) is 10.6. The fourth-order valence-corrected chi connectivity index (χ4v) is 5.66. The second kappa shape index (κ2) is 9.28. The van der Waals surface area contributed by atoms with Crippen LogP contribution >= 0.6 is 22.7 Å². The number of halogens is 1. The van der Waals surface area contributed by atoms with Crippen molar-refractivity contribution in [2.45, 2.75) is 51.4 Å². The lowest BCUT2D eigenvalue weighted by molar-refractivity contribution is -0.145. The van der Waals surface area contributed by atoms with Crippen LogP contribution in [0, 0.1) is 6.92 Å². The third-order valence-corrected chi connectivity index (χ3v) is 7.51. The molecule has 2 amide bonds. The summed E-state index contributed by atoms with van der Waals surface area (Å²) in [5.74, 6) is -1.14. The predicted molar refractivity (Wildman–Crippen MR) is 127 cm³/mol. The molecule has 1 fully saturated rings. The minimum atomic E-state index is -2.08. The Balaban J connectivity index is 1.54. The van der Waals surface area contributed by atoms with E-state index in [-0.39, 0.29) is 25.0 Å². The summed E-state index contributed by atoms with van der Waals surface area (Å²) in [5, 5.41) is 14.9. The molecule has 0 aliphatic carbocycles. The van der Waals surface area contributed by atoms with Crippen molar-refractivity contribution >= 4 is 39.6 Å². The van der Waals surface area contributed by atoms with E-state index in [0.717, 1.165) is 16.1 Å². The third kappa shape index (κ3) is 4.97. The molecule has 1 aliphatic rings. The van der Waals surface area contributed by atoms with Crippen LogP contribution in [-0.4, -0.2) is 50.0 Å². The summed E-state index contributed by atoms with van der Waals surface area (Å²) in [6, 6.07) is 8.85. The van der Waals surface area contributed by atoms with Gasteiger partial charge in [-0.3, -0.25) is 9.59 Å². The number of hydrogen-bond donors (Lipinski definition) is 2. The maximum atomic E-state index is 14.5. The molecule has 33 heavy (non-hydrogen) atoms. The van der Waals surface area contributed by atoms with Gasteiger partial charge in [0.2, 0.25) is 5.91 Å². The zero-order valence-corrected chi connectivity index (χ0v) is 20.2. The number of benzene rings is 1. The second-order valence-corrected chi connectivity index (χ2v) is 10.4. The molecule has 3 aromatic rings. The number of aliphatic hydroxyl groups is 1.